The lowest BCUT2D eigenvalue weighted by Gasteiger charge is -2.30. The van der Waals surface area contributed by atoms with Crippen molar-refractivity contribution < 1.29 is 18.9 Å². The fourth-order valence-corrected chi connectivity index (χ4v) is 2.04. The molecule has 1 heterocycles. The van der Waals surface area contributed by atoms with E-state index in [1.165, 1.54) is 0 Å². The van der Waals surface area contributed by atoms with Crippen LogP contribution in [-0.4, -0.2) is 49.0 Å². The Labute approximate surface area is 87.7 Å². The van der Waals surface area contributed by atoms with Crippen LogP contribution in [0.4, 0.5) is 0 Å². The van der Waals surface area contributed by atoms with Gasteiger partial charge in [-0.25, -0.2) is 0 Å². The molecule has 1 rings (SSSR count). The minimum absolute atomic E-state index is 0.0236. The van der Waals surface area contributed by atoms with Gasteiger partial charge in [-0.15, -0.1) is 0 Å². The first kappa shape index (κ1) is 12.1. The molecule has 0 aromatic carbocycles. The molecule has 0 radical (unpaired) electrons. The minimum Gasteiger partial charge on any atom is -0.371 e. The number of ether oxygens (including phenoxy) is 4. The molecule has 0 spiro atoms. The molecule has 1 saturated heterocycles. The third kappa shape index (κ3) is 3.66. The van der Waals surface area contributed by atoms with Crippen molar-refractivity contribution in [3.63, 3.8) is 0 Å². The van der Waals surface area contributed by atoms with E-state index in [-0.39, 0.29) is 15.6 Å². The maximum absolute atomic E-state index is 5.61. The lowest BCUT2D eigenvalue weighted by Crippen LogP contribution is -2.38. The van der Waals surface area contributed by atoms with Crippen molar-refractivity contribution in [3.8, 4) is 0 Å². The minimum atomic E-state index is -0.838. The first-order chi connectivity index (χ1) is 6.76. The maximum atomic E-state index is 5.61. The molecular formula is C9H20O4Si. The average Bonchev–Trinajstić information content (AvgIpc) is 3.03. The first-order valence-corrected chi connectivity index (χ1v) is 7.53. The molecule has 0 N–H and O–H groups in total. The zero-order chi connectivity index (χ0) is 10.4. The summed E-state index contributed by atoms with van der Waals surface area (Å²) in [5, 5.41) is 0. The van der Waals surface area contributed by atoms with Crippen molar-refractivity contribution in [2.75, 3.05) is 27.4 Å². The SMILES string of the molecule is COC(CC[SiH2]C)(OC)OCC1CO1. The van der Waals surface area contributed by atoms with Crippen LogP contribution in [0.3, 0.4) is 0 Å². The highest BCUT2D eigenvalue weighted by Crippen LogP contribution is 2.22. The van der Waals surface area contributed by atoms with Gasteiger partial charge in [0.1, 0.15) is 6.10 Å². The lowest BCUT2D eigenvalue weighted by atomic mass is 10.4. The smallest absolute Gasteiger partial charge is 0.282 e. The van der Waals surface area contributed by atoms with Crippen molar-refractivity contribution in [2.24, 2.45) is 0 Å². The molecule has 14 heavy (non-hydrogen) atoms. The van der Waals surface area contributed by atoms with Crippen LogP contribution >= 0.6 is 0 Å². The summed E-state index contributed by atoms with van der Waals surface area (Å²) in [4.78, 5) is 0. The summed E-state index contributed by atoms with van der Waals surface area (Å²) in [6.45, 7) is 3.62. The zero-order valence-electron chi connectivity index (χ0n) is 9.25. The highest BCUT2D eigenvalue weighted by Gasteiger charge is 2.34. The van der Waals surface area contributed by atoms with Crippen LogP contribution in [0.2, 0.25) is 12.6 Å². The van der Waals surface area contributed by atoms with Gasteiger partial charge in [0.2, 0.25) is 0 Å². The van der Waals surface area contributed by atoms with Gasteiger partial charge in [0.15, 0.2) is 0 Å². The van der Waals surface area contributed by atoms with E-state index in [4.69, 9.17) is 18.9 Å². The highest BCUT2D eigenvalue weighted by atomic mass is 28.2. The Morgan fingerprint density at radius 2 is 2.07 bits per heavy atom. The third-order valence-corrected chi connectivity index (χ3v) is 3.41. The molecule has 1 atom stereocenters. The summed E-state index contributed by atoms with van der Waals surface area (Å²) in [5.74, 6) is -0.838. The quantitative estimate of drug-likeness (QED) is 0.337. The van der Waals surface area contributed by atoms with E-state index in [1.807, 2.05) is 0 Å². The Bertz CT molecular complexity index is 157. The monoisotopic (exact) mass is 220 g/mol. The summed E-state index contributed by atoms with van der Waals surface area (Å²) >= 11 is 0. The second-order valence-electron chi connectivity index (χ2n) is 3.46. The van der Waals surface area contributed by atoms with Crippen molar-refractivity contribution >= 4 is 9.52 Å². The van der Waals surface area contributed by atoms with E-state index in [0.29, 0.717) is 6.61 Å². The van der Waals surface area contributed by atoms with E-state index >= 15 is 0 Å². The van der Waals surface area contributed by atoms with Gasteiger partial charge in [0, 0.05) is 30.2 Å². The third-order valence-electron chi connectivity index (χ3n) is 2.35. The normalized spacial score (nSPS) is 22.1. The average molecular weight is 220 g/mol. The van der Waals surface area contributed by atoms with Crippen LogP contribution in [0, 0.1) is 0 Å². The molecule has 1 unspecified atom stereocenters. The molecular weight excluding hydrogens is 200 g/mol. The molecule has 84 valence electrons. The van der Waals surface area contributed by atoms with E-state index in [1.54, 1.807) is 14.2 Å². The van der Waals surface area contributed by atoms with Gasteiger partial charge in [-0.3, -0.25) is 0 Å². The van der Waals surface area contributed by atoms with Crippen LogP contribution in [0.25, 0.3) is 0 Å². The standard InChI is InChI=1S/C9H20O4Si/c1-10-9(11-2,4-5-14-3)13-7-8-6-12-8/h8H,4-7,14H2,1-3H3. The molecule has 0 aromatic rings. The van der Waals surface area contributed by atoms with Gasteiger partial charge in [0.25, 0.3) is 5.97 Å². The van der Waals surface area contributed by atoms with Gasteiger partial charge in [-0.2, -0.15) is 0 Å². The second kappa shape index (κ2) is 5.82. The van der Waals surface area contributed by atoms with Crippen LogP contribution in [0.15, 0.2) is 0 Å². The highest BCUT2D eigenvalue weighted by molar-refractivity contribution is 6.33. The van der Waals surface area contributed by atoms with Crippen molar-refractivity contribution in [2.45, 2.75) is 31.1 Å². The fraction of sp³-hybridized carbons (Fsp3) is 1.00. The first-order valence-electron chi connectivity index (χ1n) is 5.12. The Morgan fingerprint density at radius 3 is 2.50 bits per heavy atom. The summed E-state index contributed by atoms with van der Waals surface area (Å²) in [6, 6.07) is 1.16. The van der Waals surface area contributed by atoms with Crippen LogP contribution in [-0.2, 0) is 18.9 Å². The van der Waals surface area contributed by atoms with Crippen LogP contribution in [0.1, 0.15) is 6.42 Å². The van der Waals surface area contributed by atoms with E-state index < -0.39 is 5.97 Å². The maximum Gasteiger partial charge on any atom is 0.282 e. The summed E-state index contributed by atoms with van der Waals surface area (Å²) < 4.78 is 21.3. The van der Waals surface area contributed by atoms with Crippen molar-refractivity contribution in [1.82, 2.24) is 0 Å². The predicted molar refractivity (Wildman–Crippen MR) is 56.3 cm³/mol. The van der Waals surface area contributed by atoms with Crippen LogP contribution < -0.4 is 0 Å². The van der Waals surface area contributed by atoms with Gasteiger partial charge in [-0.05, 0) is 0 Å². The molecule has 1 aliphatic rings. The van der Waals surface area contributed by atoms with E-state index in [9.17, 15) is 0 Å². The molecule has 1 aliphatic heterocycles. The predicted octanol–water partition coefficient (Wildman–Crippen LogP) is 0.374. The summed E-state index contributed by atoms with van der Waals surface area (Å²) in [6.07, 6.45) is 1.06. The zero-order valence-corrected chi connectivity index (χ0v) is 10.7. The van der Waals surface area contributed by atoms with Gasteiger partial charge < -0.3 is 18.9 Å². The molecule has 0 amide bonds. The lowest BCUT2D eigenvalue weighted by molar-refractivity contribution is -0.363. The largest absolute Gasteiger partial charge is 0.371 e. The van der Waals surface area contributed by atoms with Gasteiger partial charge in [-0.1, -0.05) is 12.6 Å². The van der Waals surface area contributed by atoms with Gasteiger partial charge in [0.05, 0.1) is 13.2 Å². The number of epoxide rings is 1. The molecule has 0 saturated carbocycles. The fourth-order valence-electron chi connectivity index (χ4n) is 1.25. The molecule has 4 nitrogen and oxygen atoms in total. The van der Waals surface area contributed by atoms with Crippen molar-refractivity contribution in [1.29, 1.82) is 0 Å². The Kier molecular flexibility index (Phi) is 5.04. The Balaban J connectivity index is 2.31. The van der Waals surface area contributed by atoms with E-state index in [2.05, 4.69) is 6.55 Å². The number of hydrogen-bond acceptors (Lipinski definition) is 4. The van der Waals surface area contributed by atoms with Gasteiger partial charge >= 0.3 is 0 Å². The second-order valence-corrected chi connectivity index (χ2v) is 5.17. The van der Waals surface area contributed by atoms with Crippen LogP contribution in [0.5, 0.6) is 0 Å². The number of hydrogen-bond donors (Lipinski definition) is 0. The number of rotatable bonds is 8. The topological polar surface area (TPSA) is 40.2 Å². The summed E-state index contributed by atoms with van der Waals surface area (Å²) in [5.41, 5.74) is 0. The molecule has 5 heteroatoms. The van der Waals surface area contributed by atoms with E-state index in [0.717, 1.165) is 19.1 Å². The molecule has 0 aliphatic carbocycles. The van der Waals surface area contributed by atoms with Crippen molar-refractivity contribution in [3.05, 3.63) is 0 Å². The number of methoxy groups -OCH3 is 2. The molecule has 0 bridgehead atoms. The Morgan fingerprint density at radius 1 is 1.43 bits per heavy atom. The Hall–Kier alpha value is 0.0569. The molecule has 1 fully saturated rings. The molecule has 0 aromatic heterocycles. The summed E-state index contributed by atoms with van der Waals surface area (Å²) in [7, 11) is 3.26.